The van der Waals surface area contributed by atoms with Crippen LogP contribution in [0.4, 0.5) is 0 Å². The number of thioether (sulfide) groups is 1. The molecule has 1 heterocycles. The molecule has 4 heteroatoms. The standard InChI is InChI=1S/C16H19ClN2S/c1-3-14(18)16(12-6-4-11(2)5-7-12)20-15-9-8-13(17)10-19-15/h4-10,14,16H,3,18H2,1-2H3. The smallest absolute Gasteiger partial charge is 0.0967 e. The molecule has 1 aromatic heterocycles. The minimum absolute atomic E-state index is 0.0974. The molecule has 1 aromatic carbocycles. The molecule has 0 amide bonds. The van der Waals surface area contributed by atoms with E-state index in [-0.39, 0.29) is 11.3 Å². The summed E-state index contributed by atoms with van der Waals surface area (Å²) in [5.74, 6) is 0. The first-order valence-corrected chi connectivity index (χ1v) is 7.96. The van der Waals surface area contributed by atoms with Crippen molar-refractivity contribution in [2.24, 2.45) is 5.73 Å². The van der Waals surface area contributed by atoms with E-state index >= 15 is 0 Å². The molecule has 2 rings (SSSR count). The number of aryl methyl sites for hydroxylation is 1. The lowest BCUT2D eigenvalue weighted by molar-refractivity contribution is 0.633. The molecule has 0 aliphatic carbocycles. The highest BCUT2D eigenvalue weighted by molar-refractivity contribution is 7.99. The van der Waals surface area contributed by atoms with E-state index < -0.39 is 0 Å². The van der Waals surface area contributed by atoms with E-state index in [1.807, 2.05) is 12.1 Å². The minimum atomic E-state index is 0.0974. The lowest BCUT2D eigenvalue weighted by Gasteiger charge is -2.22. The SMILES string of the molecule is CCC(N)C(Sc1ccc(Cl)cn1)c1ccc(C)cc1. The van der Waals surface area contributed by atoms with Gasteiger partial charge in [0, 0.05) is 12.2 Å². The second-order valence-electron chi connectivity index (χ2n) is 4.84. The number of hydrogen-bond acceptors (Lipinski definition) is 3. The number of halogens is 1. The summed E-state index contributed by atoms with van der Waals surface area (Å²) in [6.45, 7) is 4.20. The molecule has 0 spiro atoms. The molecule has 106 valence electrons. The van der Waals surface area contributed by atoms with Crippen LogP contribution < -0.4 is 5.73 Å². The zero-order valence-corrected chi connectivity index (χ0v) is 13.3. The molecule has 2 atom stereocenters. The molecule has 0 aliphatic rings. The Morgan fingerprint density at radius 3 is 2.45 bits per heavy atom. The second kappa shape index (κ2) is 7.11. The van der Waals surface area contributed by atoms with Gasteiger partial charge in [-0.3, -0.25) is 0 Å². The Hall–Kier alpha value is -1.03. The topological polar surface area (TPSA) is 38.9 Å². The summed E-state index contributed by atoms with van der Waals surface area (Å²) >= 11 is 7.57. The number of rotatable bonds is 5. The van der Waals surface area contributed by atoms with Crippen LogP contribution >= 0.6 is 23.4 Å². The highest BCUT2D eigenvalue weighted by Gasteiger charge is 2.20. The van der Waals surface area contributed by atoms with Crippen LogP contribution in [0.3, 0.4) is 0 Å². The van der Waals surface area contributed by atoms with E-state index in [0.717, 1.165) is 11.4 Å². The van der Waals surface area contributed by atoms with Crippen LogP contribution in [0.25, 0.3) is 0 Å². The Bertz CT molecular complexity index is 539. The van der Waals surface area contributed by atoms with Gasteiger partial charge in [-0.15, -0.1) is 0 Å². The number of nitrogens with two attached hydrogens (primary N) is 1. The van der Waals surface area contributed by atoms with Gasteiger partial charge in [0.2, 0.25) is 0 Å². The summed E-state index contributed by atoms with van der Waals surface area (Å²) in [4.78, 5) is 4.35. The van der Waals surface area contributed by atoms with Crippen molar-refractivity contribution < 1.29 is 0 Å². The lowest BCUT2D eigenvalue weighted by atomic mass is 10.0. The van der Waals surface area contributed by atoms with E-state index in [0.29, 0.717) is 5.02 Å². The number of aromatic nitrogens is 1. The van der Waals surface area contributed by atoms with E-state index in [1.165, 1.54) is 11.1 Å². The maximum Gasteiger partial charge on any atom is 0.0967 e. The zero-order valence-electron chi connectivity index (χ0n) is 11.7. The number of pyridine rings is 1. The number of hydrogen-bond donors (Lipinski definition) is 1. The maximum absolute atomic E-state index is 6.29. The first-order chi connectivity index (χ1) is 9.60. The zero-order chi connectivity index (χ0) is 14.5. The number of benzene rings is 1. The van der Waals surface area contributed by atoms with Crippen LogP contribution in [0.2, 0.25) is 5.02 Å². The monoisotopic (exact) mass is 306 g/mol. The third-order valence-electron chi connectivity index (χ3n) is 3.21. The summed E-state index contributed by atoms with van der Waals surface area (Å²) in [5, 5.41) is 1.80. The third kappa shape index (κ3) is 3.98. The molecule has 0 aliphatic heterocycles. The quantitative estimate of drug-likeness (QED) is 0.820. The van der Waals surface area contributed by atoms with Crippen molar-refractivity contribution in [3.63, 3.8) is 0 Å². The van der Waals surface area contributed by atoms with E-state index in [9.17, 15) is 0 Å². The van der Waals surface area contributed by atoms with Crippen LogP contribution in [0, 0.1) is 6.92 Å². The molecule has 2 aromatic rings. The highest BCUT2D eigenvalue weighted by Crippen LogP contribution is 2.37. The average molecular weight is 307 g/mol. The largest absolute Gasteiger partial charge is 0.326 e. The fourth-order valence-electron chi connectivity index (χ4n) is 1.93. The molecule has 0 saturated heterocycles. The van der Waals surface area contributed by atoms with Gasteiger partial charge >= 0.3 is 0 Å². The predicted octanol–water partition coefficient (Wildman–Crippen LogP) is 4.61. The molecular formula is C16H19ClN2S. The minimum Gasteiger partial charge on any atom is -0.326 e. The van der Waals surface area contributed by atoms with E-state index in [4.69, 9.17) is 17.3 Å². The number of nitrogens with zero attached hydrogens (tertiary/aromatic N) is 1. The highest BCUT2D eigenvalue weighted by atomic mass is 35.5. The summed E-state index contributed by atoms with van der Waals surface area (Å²) in [5.41, 5.74) is 8.79. The summed E-state index contributed by atoms with van der Waals surface area (Å²) in [6.07, 6.45) is 2.60. The molecule has 20 heavy (non-hydrogen) atoms. The van der Waals surface area contributed by atoms with Crippen LogP contribution in [0.1, 0.15) is 29.7 Å². The van der Waals surface area contributed by atoms with Gasteiger partial charge in [0.25, 0.3) is 0 Å². The molecule has 0 saturated carbocycles. The van der Waals surface area contributed by atoms with E-state index in [1.54, 1.807) is 18.0 Å². The van der Waals surface area contributed by atoms with Crippen molar-refractivity contribution in [1.29, 1.82) is 0 Å². The Morgan fingerprint density at radius 2 is 1.90 bits per heavy atom. The second-order valence-corrected chi connectivity index (χ2v) is 6.43. The van der Waals surface area contributed by atoms with Gasteiger partial charge in [0.05, 0.1) is 15.3 Å². The third-order valence-corrected chi connectivity index (χ3v) is 4.80. The fourth-order valence-corrected chi connectivity index (χ4v) is 3.23. The molecule has 2 N–H and O–H groups in total. The summed E-state index contributed by atoms with van der Waals surface area (Å²) < 4.78 is 0. The van der Waals surface area contributed by atoms with Gasteiger partial charge in [-0.25, -0.2) is 4.98 Å². The van der Waals surface area contributed by atoms with Gasteiger partial charge in [-0.1, -0.05) is 60.1 Å². The van der Waals surface area contributed by atoms with Crippen molar-refractivity contribution in [2.75, 3.05) is 0 Å². The van der Waals surface area contributed by atoms with Crippen molar-refractivity contribution in [2.45, 2.75) is 36.6 Å². The van der Waals surface area contributed by atoms with Crippen LogP contribution in [0.15, 0.2) is 47.6 Å². The fraction of sp³-hybridized carbons (Fsp3) is 0.312. The van der Waals surface area contributed by atoms with Crippen molar-refractivity contribution in [3.8, 4) is 0 Å². The maximum atomic E-state index is 6.29. The first kappa shape index (κ1) is 15.4. The first-order valence-electron chi connectivity index (χ1n) is 6.70. The molecule has 2 unspecified atom stereocenters. The van der Waals surface area contributed by atoms with Gasteiger partial charge < -0.3 is 5.73 Å². The Balaban J connectivity index is 2.23. The van der Waals surface area contributed by atoms with Crippen LogP contribution in [-0.4, -0.2) is 11.0 Å². The van der Waals surface area contributed by atoms with Gasteiger partial charge in [0.15, 0.2) is 0 Å². The van der Waals surface area contributed by atoms with Crippen LogP contribution in [0.5, 0.6) is 0 Å². The van der Waals surface area contributed by atoms with Crippen molar-refractivity contribution >= 4 is 23.4 Å². The Labute approximate surface area is 129 Å². The Morgan fingerprint density at radius 1 is 1.20 bits per heavy atom. The Kier molecular flexibility index (Phi) is 5.46. The average Bonchev–Trinajstić information content (AvgIpc) is 2.47. The summed E-state index contributed by atoms with van der Waals surface area (Å²) in [7, 11) is 0. The molecule has 2 nitrogen and oxygen atoms in total. The van der Waals surface area contributed by atoms with Gasteiger partial charge in [0.1, 0.15) is 0 Å². The van der Waals surface area contributed by atoms with Crippen molar-refractivity contribution in [3.05, 3.63) is 58.7 Å². The molecule has 0 radical (unpaired) electrons. The molecule has 0 bridgehead atoms. The normalized spacial score (nSPS) is 14.0. The van der Waals surface area contributed by atoms with Crippen LogP contribution in [-0.2, 0) is 0 Å². The molecule has 0 fully saturated rings. The van der Waals surface area contributed by atoms with Gasteiger partial charge in [-0.05, 0) is 31.0 Å². The van der Waals surface area contributed by atoms with Gasteiger partial charge in [-0.2, -0.15) is 0 Å². The predicted molar refractivity (Wildman–Crippen MR) is 87.3 cm³/mol. The lowest BCUT2D eigenvalue weighted by Crippen LogP contribution is -2.25. The summed E-state index contributed by atoms with van der Waals surface area (Å²) in [6, 6.07) is 12.5. The van der Waals surface area contributed by atoms with E-state index in [2.05, 4.69) is 43.1 Å². The van der Waals surface area contributed by atoms with Crippen molar-refractivity contribution in [1.82, 2.24) is 4.98 Å². The molecular weight excluding hydrogens is 288 g/mol.